The van der Waals surface area contributed by atoms with Gasteiger partial charge in [-0.15, -0.1) is 0 Å². The molecule has 1 atom stereocenters. The lowest BCUT2D eigenvalue weighted by Crippen LogP contribution is -2.29. The number of rotatable bonds is 10. The number of carbonyl (C=O) groups is 2. The quantitative estimate of drug-likeness (QED) is 0.187. The maximum Gasteiger partial charge on any atom is 0.295 e. The van der Waals surface area contributed by atoms with Crippen LogP contribution in [-0.2, 0) is 16.1 Å². The SMILES string of the molecule is C=CCOc1ccc(C(O)=C2C(=O)C(=O)N(Cc3cccnc3)[C@@H]2c2ccc(OCCC)cc2)cc1. The summed E-state index contributed by atoms with van der Waals surface area (Å²) in [6, 6.07) is 16.8. The number of ether oxygens (including phenoxy) is 2. The Morgan fingerprint density at radius 2 is 1.75 bits per heavy atom. The summed E-state index contributed by atoms with van der Waals surface area (Å²) in [6.45, 7) is 6.76. The number of hydrogen-bond donors (Lipinski definition) is 1. The fourth-order valence-electron chi connectivity index (χ4n) is 4.06. The summed E-state index contributed by atoms with van der Waals surface area (Å²) in [5.74, 6) is -0.362. The number of carbonyl (C=O) groups excluding carboxylic acids is 2. The van der Waals surface area contributed by atoms with Crippen LogP contribution in [0.2, 0.25) is 0 Å². The molecule has 0 radical (unpaired) electrons. The molecule has 36 heavy (non-hydrogen) atoms. The lowest BCUT2D eigenvalue weighted by atomic mass is 9.95. The van der Waals surface area contributed by atoms with Crippen molar-refractivity contribution in [1.82, 2.24) is 9.88 Å². The van der Waals surface area contributed by atoms with Crippen LogP contribution in [0.15, 0.2) is 91.3 Å². The Morgan fingerprint density at radius 3 is 2.39 bits per heavy atom. The van der Waals surface area contributed by atoms with E-state index in [1.165, 1.54) is 4.90 Å². The lowest BCUT2D eigenvalue weighted by Gasteiger charge is -2.25. The Kier molecular flexibility index (Phi) is 7.80. The second-order valence-electron chi connectivity index (χ2n) is 8.33. The summed E-state index contributed by atoms with van der Waals surface area (Å²) >= 11 is 0. The minimum Gasteiger partial charge on any atom is -0.507 e. The predicted molar refractivity (Wildman–Crippen MR) is 136 cm³/mol. The van der Waals surface area contributed by atoms with E-state index in [4.69, 9.17) is 9.47 Å². The minimum atomic E-state index is -0.776. The first-order valence-corrected chi connectivity index (χ1v) is 11.8. The van der Waals surface area contributed by atoms with Crippen molar-refractivity contribution in [3.8, 4) is 11.5 Å². The number of benzene rings is 2. The van der Waals surface area contributed by atoms with Crippen LogP contribution in [0.4, 0.5) is 0 Å². The highest BCUT2D eigenvalue weighted by molar-refractivity contribution is 6.46. The third-order valence-electron chi connectivity index (χ3n) is 5.78. The maximum atomic E-state index is 13.2. The molecule has 1 fully saturated rings. The molecule has 4 rings (SSSR count). The molecule has 2 heterocycles. The molecule has 7 heteroatoms. The summed E-state index contributed by atoms with van der Waals surface area (Å²) < 4.78 is 11.2. The van der Waals surface area contributed by atoms with Crippen molar-refractivity contribution in [2.75, 3.05) is 13.2 Å². The Hall–Kier alpha value is -4.39. The van der Waals surface area contributed by atoms with E-state index in [9.17, 15) is 14.7 Å². The van der Waals surface area contributed by atoms with E-state index in [1.807, 2.05) is 25.1 Å². The molecule has 1 aliphatic heterocycles. The number of pyridine rings is 1. The monoisotopic (exact) mass is 484 g/mol. The van der Waals surface area contributed by atoms with Crippen molar-refractivity contribution in [3.63, 3.8) is 0 Å². The molecular weight excluding hydrogens is 456 g/mol. The standard InChI is InChI=1S/C29H28N2O5/c1-3-16-35-23-11-7-21(8-12-23)26-25(27(32)22-9-13-24(14-10-22)36-17-4-2)28(33)29(34)31(26)19-20-6-5-15-30-18-20/h4-15,18,26,32H,2-3,16-17,19H2,1H3/t26-/m1/s1. The van der Waals surface area contributed by atoms with Gasteiger partial charge < -0.3 is 19.5 Å². The third kappa shape index (κ3) is 5.30. The van der Waals surface area contributed by atoms with E-state index in [1.54, 1.807) is 60.9 Å². The Bertz CT molecular complexity index is 1250. The third-order valence-corrected chi connectivity index (χ3v) is 5.78. The average Bonchev–Trinajstić information content (AvgIpc) is 3.16. The average molecular weight is 485 g/mol. The molecule has 2 aromatic carbocycles. The van der Waals surface area contributed by atoms with Gasteiger partial charge in [-0.1, -0.05) is 37.8 Å². The predicted octanol–water partition coefficient (Wildman–Crippen LogP) is 5.06. The smallest absolute Gasteiger partial charge is 0.295 e. The molecule has 0 aliphatic carbocycles. The highest BCUT2D eigenvalue weighted by Crippen LogP contribution is 2.40. The summed E-state index contributed by atoms with van der Waals surface area (Å²) in [5.41, 5.74) is 1.91. The first-order valence-electron chi connectivity index (χ1n) is 11.8. The van der Waals surface area contributed by atoms with Gasteiger partial charge in [0.25, 0.3) is 11.7 Å². The van der Waals surface area contributed by atoms with Gasteiger partial charge in [0, 0.05) is 24.5 Å². The minimum absolute atomic E-state index is 0.0332. The van der Waals surface area contributed by atoms with Gasteiger partial charge >= 0.3 is 0 Å². The summed E-state index contributed by atoms with van der Waals surface area (Å²) in [5, 5.41) is 11.2. The van der Waals surface area contributed by atoms with E-state index in [-0.39, 0.29) is 17.9 Å². The van der Waals surface area contributed by atoms with Gasteiger partial charge in [0.05, 0.1) is 18.2 Å². The molecule has 0 spiro atoms. The summed E-state index contributed by atoms with van der Waals surface area (Å²) in [6.07, 6.45) is 5.81. The molecule has 1 aliphatic rings. The zero-order valence-corrected chi connectivity index (χ0v) is 20.1. The number of aromatic nitrogens is 1. The number of nitrogens with zero attached hydrogens (tertiary/aromatic N) is 2. The van der Waals surface area contributed by atoms with Crippen LogP contribution in [0.5, 0.6) is 11.5 Å². The maximum absolute atomic E-state index is 13.2. The van der Waals surface area contributed by atoms with Gasteiger partial charge in [-0.2, -0.15) is 0 Å². The normalized spacial score (nSPS) is 16.7. The van der Waals surface area contributed by atoms with Crippen molar-refractivity contribution in [3.05, 3.63) is 108 Å². The molecule has 7 nitrogen and oxygen atoms in total. The highest BCUT2D eigenvalue weighted by atomic mass is 16.5. The number of ketones is 1. The first-order chi connectivity index (χ1) is 17.5. The Balaban J connectivity index is 1.75. The molecule has 0 unspecified atom stereocenters. The molecule has 1 aromatic heterocycles. The number of amides is 1. The summed E-state index contributed by atoms with van der Waals surface area (Å²) in [7, 11) is 0. The van der Waals surface area contributed by atoms with Crippen molar-refractivity contribution >= 4 is 17.4 Å². The number of aliphatic hydroxyl groups is 1. The topological polar surface area (TPSA) is 89.0 Å². The van der Waals surface area contributed by atoms with Crippen molar-refractivity contribution in [2.45, 2.75) is 25.9 Å². The number of hydrogen-bond acceptors (Lipinski definition) is 6. The number of likely N-dealkylation sites (tertiary alicyclic amines) is 1. The van der Waals surface area contributed by atoms with E-state index in [0.717, 1.165) is 12.0 Å². The van der Waals surface area contributed by atoms with Gasteiger partial charge in [-0.05, 0) is 60.0 Å². The fourth-order valence-corrected chi connectivity index (χ4v) is 4.06. The molecule has 184 valence electrons. The summed E-state index contributed by atoms with van der Waals surface area (Å²) in [4.78, 5) is 32.0. The van der Waals surface area contributed by atoms with Gasteiger partial charge in [-0.3, -0.25) is 14.6 Å². The molecule has 1 N–H and O–H groups in total. The van der Waals surface area contributed by atoms with Crippen LogP contribution in [0.25, 0.3) is 5.76 Å². The van der Waals surface area contributed by atoms with Gasteiger partial charge in [0.1, 0.15) is 23.9 Å². The second-order valence-corrected chi connectivity index (χ2v) is 8.33. The zero-order valence-electron chi connectivity index (χ0n) is 20.1. The van der Waals surface area contributed by atoms with Crippen LogP contribution in [0.1, 0.15) is 36.1 Å². The molecule has 3 aromatic rings. The largest absolute Gasteiger partial charge is 0.507 e. The van der Waals surface area contributed by atoms with Crippen molar-refractivity contribution in [1.29, 1.82) is 0 Å². The molecule has 1 saturated heterocycles. The fraction of sp³-hybridized carbons (Fsp3) is 0.207. The first kappa shape index (κ1) is 24.7. The molecular formula is C29H28N2O5. The van der Waals surface area contributed by atoms with Gasteiger partial charge in [0.15, 0.2) is 0 Å². The zero-order chi connectivity index (χ0) is 25.5. The van der Waals surface area contributed by atoms with E-state index < -0.39 is 17.7 Å². The van der Waals surface area contributed by atoms with Crippen LogP contribution in [0.3, 0.4) is 0 Å². The number of Topliss-reactive ketones (excluding diaryl/α,β-unsaturated/α-hetero) is 1. The molecule has 0 saturated carbocycles. The van der Waals surface area contributed by atoms with E-state index in [0.29, 0.717) is 35.8 Å². The number of aliphatic hydroxyl groups excluding tert-OH is 1. The highest BCUT2D eigenvalue weighted by Gasteiger charge is 2.46. The second kappa shape index (κ2) is 11.4. The Labute approximate surface area is 210 Å². The molecule has 1 amide bonds. The Morgan fingerprint density at radius 1 is 1.06 bits per heavy atom. The van der Waals surface area contributed by atoms with Gasteiger partial charge in [-0.25, -0.2) is 0 Å². The van der Waals surface area contributed by atoms with Crippen LogP contribution < -0.4 is 9.47 Å². The van der Waals surface area contributed by atoms with Crippen molar-refractivity contribution in [2.24, 2.45) is 0 Å². The lowest BCUT2D eigenvalue weighted by molar-refractivity contribution is -0.140. The van der Waals surface area contributed by atoms with Crippen LogP contribution in [0, 0.1) is 0 Å². The van der Waals surface area contributed by atoms with Crippen LogP contribution in [-0.4, -0.2) is 39.9 Å². The van der Waals surface area contributed by atoms with Gasteiger partial charge in [0.2, 0.25) is 0 Å². The van der Waals surface area contributed by atoms with E-state index >= 15 is 0 Å². The van der Waals surface area contributed by atoms with Crippen molar-refractivity contribution < 1.29 is 24.2 Å². The van der Waals surface area contributed by atoms with E-state index in [2.05, 4.69) is 11.6 Å². The molecule has 0 bridgehead atoms. The van der Waals surface area contributed by atoms with Crippen LogP contribution >= 0.6 is 0 Å².